The van der Waals surface area contributed by atoms with Gasteiger partial charge >= 0.3 is 6.03 Å². The number of amides is 4. The Morgan fingerprint density at radius 3 is 2.50 bits per heavy atom. The smallest absolute Gasteiger partial charge is 0.325 e. The van der Waals surface area contributed by atoms with Crippen LogP contribution in [0.1, 0.15) is 35.5 Å². The van der Waals surface area contributed by atoms with Gasteiger partial charge < -0.3 is 10.2 Å². The van der Waals surface area contributed by atoms with Crippen LogP contribution >= 0.6 is 0 Å². The number of imide groups is 1. The number of halogens is 1. The topological polar surface area (TPSA) is 115 Å². The average molecular weight is 463 g/mol. The van der Waals surface area contributed by atoms with Crippen LogP contribution in [0.3, 0.4) is 0 Å². The molecule has 2 fully saturated rings. The van der Waals surface area contributed by atoms with Crippen molar-refractivity contribution in [1.29, 1.82) is 0 Å². The molecular weight excluding hydrogens is 441 g/mol. The number of H-pyrrole nitrogens is 1. The molecule has 5 rings (SSSR count). The molecule has 34 heavy (non-hydrogen) atoms. The highest BCUT2D eigenvalue weighted by Gasteiger charge is 2.50. The van der Waals surface area contributed by atoms with E-state index in [1.54, 1.807) is 44.2 Å². The first-order chi connectivity index (χ1) is 16.2. The van der Waals surface area contributed by atoms with E-state index in [1.807, 2.05) is 0 Å². The van der Waals surface area contributed by atoms with Crippen LogP contribution in [-0.2, 0) is 11.2 Å². The van der Waals surface area contributed by atoms with Crippen molar-refractivity contribution in [3.05, 3.63) is 75.5 Å². The summed E-state index contributed by atoms with van der Waals surface area (Å²) in [6.45, 7) is 3.53. The number of benzene rings is 2. The summed E-state index contributed by atoms with van der Waals surface area (Å²) < 4.78 is 14.6. The molecule has 0 bridgehead atoms. The monoisotopic (exact) mass is 463 g/mol. The van der Waals surface area contributed by atoms with Gasteiger partial charge in [-0.15, -0.1) is 0 Å². The lowest BCUT2D eigenvalue weighted by atomic mass is 9.99. The predicted octanol–water partition coefficient (Wildman–Crippen LogP) is 1.81. The number of fused-ring (bicyclic) bond motifs is 1. The van der Waals surface area contributed by atoms with E-state index in [4.69, 9.17) is 0 Å². The van der Waals surface area contributed by atoms with Crippen molar-refractivity contribution >= 4 is 28.6 Å². The summed E-state index contributed by atoms with van der Waals surface area (Å²) in [7, 11) is 0. The Kier molecular flexibility index (Phi) is 4.96. The Hall–Kier alpha value is -4.08. The van der Waals surface area contributed by atoms with Gasteiger partial charge in [-0.3, -0.25) is 19.3 Å². The van der Waals surface area contributed by atoms with Crippen molar-refractivity contribution in [2.24, 2.45) is 0 Å². The first-order valence-corrected chi connectivity index (χ1v) is 10.9. The highest BCUT2D eigenvalue weighted by Crippen LogP contribution is 2.26. The quantitative estimate of drug-likeness (QED) is 0.573. The number of urea groups is 1. The molecule has 2 aromatic carbocycles. The lowest BCUT2D eigenvalue weighted by molar-refractivity contribution is -0.133. The van der Waals surface area contributed by atoms with Gasteiger partial charge in [-0.2, -0.15) is 5.10 Å². The van der Waals surface area contributed by atoms with Crippen molar-refractivity contribution in [2.75, 3.05) is 13.1 Å². The number of hydrogen-bond donors (Lipinski definition) is 2. The Morgan fingerprint density at radius 1 is 1.12 bits per heavy atom. The minimum Gasteiger partial charge on any atom is -0.334 e. The molecule has 3 heterocycles. The van der Waals surface area contributed by atoms with Crippen LogP contribution in [0.2, 0.25) is 0 Å². The summed E-state index contributed by atoms with van der Waals surface area (Å²) in [6.07, 6.45) is 0.290. The molecular formula is C24H22FN5O4. The van der Waals surface area contributed by atoms with Gasteiger partial charge in [-0.25, -0.2) is 14.3 Å². The van der Waals surface area contributed by atoms with Gasteiger partial charge in [0.05, 0.1) is 22.7 Å². The maximum absolute atomic E-state index is 14.6. The Labute approximate surface area is 193 Å². The van der Waals surface area contributed by atoms with Crippen LogP contribution in [-0.4, -0.2) is 62.5 Å². The molecule has 0 atom stereocenters. The lowest BCUT2D eigenvalue weighted by Crippen LogP contribution is -2.62. The average Bonchev–Trinajstić information content (AvgIpc) is 2.97. The molecule has 0 spiro atoms. The van der Waals surface area contributed by atoms with Gasteiger partial charge in [0.2, 0.25) is 0 Å². The molecule has 3 aromatic rings. The van der Waals surface area contributed by atoms with Crippen LogP contribution in [0.4, 0.5) is 9.18 Å². The minimum absolute atomic E-state index is 0.0952. The van der Waals surface area contributed by atoms with Crippen LogP contribution in [0, 0.1) is 5.82 Å². The number of aromatic nitrogens is 2. The fourth-order valence-electron chi connectivity index (χ4n) is 4.41. The third kappa shape index (κ3) is 3.51. The molecule has 2 aliphatic heterocycles. The summed E-state index contributed by atoms with van der Waals surface area (Å²) in [5.41, 5.74) is -0.118. The predicted molar refractivity (Wildman–Crippen MR) is 121 cm³/mol. The van der Waals surface area contributed by atoms with Crippen LogP contribution in [0.15, 0.2) is 47.3 Å². The SMILES string of the molecule is CC1(C)NC(=O)N(C2CN(C(=O)c3cc(Cc4n[nH]c(=O)c5ccccc45)ccc3F)C2)C1=O. The number of carbonyl (C=O) groups excluding carboxylic acids is 3. The van der Waals surface area contributed by atoms with Gasteiger partial charge in [0.25, 0.3) is 17.4 Å². The summed E-state index contributed by atoms with van der Waals surface area (Å²) in [4.78, 5) is 52.2. The molecule has 10 heteroatoms. The van der Waals surface area contributed by atoms with Gasteiger partial charge in [-0.05, 0) is 37.6 Å². The third-order valence-corrected chi connectivity index (χ3v) is 6.31. The maximum atomic E-state index is 14.6. The normalized spacial score (nSPS) is 17.7. The molecule has 0 aliphatic carbocycles. The van der Waals surface area contributed by atoms with E-state index >= 15 is 0 Å². The zero-order valence-corrected chi connectivity index (χ0v) is 18.6. The molecule has 2 saturated heterocycles. The second kappa shape index (κ2) is 7.75. The van der Waals surface area contributed by atoms with Crippen molar-refractivity contribution < 1.29 is 18.8 Å². The van der Waals surface area contributed by atoms with Gasteiger partial charge in [-0.1, -0.05) is 24.3 Å². The number of rotatable bonds is 4. The van der Waals surface area contributed by atoms with Gasteiger partial charge in [0.15, 0.2) is 0 Å². The van der Waals surface area contributed by atoms with Crippen molar-refractivity contribution in [2.45, 2.75) is 31.8 Å². The van der Waals surface area contributed by atoms with E-state index < -0.39 is 29.3 Å². The molecule has 1 aromatic heterocycles. The fourth-order valence-corrected chi connectivity index (χ4v) is 4.41. The van der Waals surface area contributed by atoms with E-state index in [-0.39, 0.29) is 36.5 Å². The van der Waals surface area contributed by atoms with Gasteiger partial charge in [0, 0.05) is 24.9 Å². The molecule has 9 nitrogen and oxygen atoms in total. The standard InChI is InChI=1S/C24H22FN5O4/c1-24(2)22(33)30(23(34)26-24)14-11-29(12-14)21(32)17-9-13(7-8-18(17)25)10-19-15-5-3-4-6-16(15)20(31)28-27-19/h3-9,14H,10-12H2,1-2H3,(H,26,34)(H,28,31). The van der Waals surface area contributed by atoms with E-state index in [0.29, 0.717) is 22.0 Å². The van der Waals surface area contributed by atoms with Crippen LogP contribution in [0.5, 0.6) is 0 Å². The van der Waals surface area contributed by atoms with Crippen LogP contribution < -0.4 is 10.9 Å². The van der Waals surface area contributed by atoms with Crippen molar-refractivity contribution in [1.82, 2.24) is 25.3 Å². The molecule has 2 N–H and O–H groups in total. The zero-order valence-electron chi connectivity index (χ0n) is 18.6. The number of aromatic amines is 1. The molecule has 174 valence electrons. The highest BCUT2D eigenvalue weighted by molar-refractivity contribution is 6.07. The minimum atomic E-state index is -0.984. The second-order valence-corrected chi connectivity index (χ2v) is 9.13. The Morgan fingerprint density at radius 2 is 1.82 bits per heavy atom. The van der Waals surface area contributed by atoms with E-state index in [2.05, 4.69) is 15.5 Å². The van der Waals surface area contributed by atoms with E-state index in [0.717, 1.165) is 4.90 Å². The number of carbonyl (C=O) groups is 3. The number of nitrogens with one attached hydrogen (secondary N) is 2. The van der Waals surface area contributed by atoms with E-state index in [1.165, 1.54) is 17.0 Å². The Bertz CT molecular complexity index is 1410. The number of hydrogen-bond acceptors (Lipinski definition) is 5. The maximum Gasteiger partial charge on any atom is 0.325 e. The molecule has 0 radical (unpaired) electrons. The molecule has 2 aliphatic rings. The summed E-state index contributed by atoms with van der Waals surface area (Å²) in [5, 5.41) is 10.4. The van der Waals surface area contributed by atoms with Gasteiger partial charge in [0.1, 0.15) is 11.4 Å². The Balaban J connectivity index is 1.34. The molecule has 4 amide bonds. The summed E-state index contributed by atoms with van der Waals surface area (Å²) in [6, 6.07) is 10.4. The van der Waals surface area contributed by atoms with Crippen molar-refractivity contribution in [3.63, 3.8) is 0 Å². The second-order valence-electron chi connectivity index (χ2n) is 9.13. The zero-order chi connectivity index (χ0) is 24.2. The fraction of sp³-hybridized carbons (Fsp3) is 0.292. The number of likely N-dealkylation sites (tertiary alicyclic amines) is 1. The van der Waals surface area contributed by atoms with Crippen molar-refractivity contribution in [3.8, 4) is 0 Å². The largest absolute Gasteiger partial charge is 0.334 e. The lowest BCUT2D eigenvalue weighted by Gasteiger charge is -2.42. The first-order valence-electron chi connectivity index (χ1n) is 10.9. The van der Waals surface area contributed by atoms with E-state index in [9.17, 15) is 23.6 Å². The third-order valence-electron chi connectivity index (χ3n) is 6.31. The van der Waals surface area contributed by atoms with Crippen LogP contribution in [0.25, 0.3) is 10.8 Å². The first kappa shape index (κ1) is 21.7. The summed E-state index contributed by atoms with van der Waals surface area (Å²) in [5.74, 6) is -1.52. The molecule has 0 unspecified atom stereocenters. The summed E-state index contributed by atoms with van der Waals surface area (Å²) >= 11 is 0. The number of nitrogens with zero attached hydrogens (tertiary/aromatic N) is 3. The molecule has 0 saturated carbocycles. The highest BCUT2D eigenvalue weighted by atomic mass is 19.1.